The third-order valence-electron chi connectivity index (χ3n) is 2.42. The third kappa shape index (κ3) is 2.73. The molecule has 2 rings (SSSR count). The van der Waals surface area contributed by atoms with Crippen LogP contribution in [-0.4, -0.2) is 10.1 Å². The number of hydrogen-bond donors (Lipinski definition) is 2. The Morgan fingerprint density at radius 3 is 2.88 bits per heavy atom. The molecule has 0 bridgehead atoms. The van der Waals surface area contributed by atoms with Crippen molar-refractivity contribution >= 4 is 5.69 Å². The van der Waals surface area contributed by atoms with E-state index in [0.717, 1.165) is 11.1 Å². The van der Waals surface area contributed by atoms with E-state index in [0.29, 0.717) is 17.3 Å². The highest BCUT2D eigenvalue weighted by atomic mass is 16.5. The molecule has 4 heteroatoms. The van der Waals surface area contributed by atoms with Crippen molar-refractivity contribution in [2.45, 2.75) is 13.5 Å². The lowest BCUT2D eigenvalue weighted by molar-refractivity contribution is 0.281. The van der Waals surface area contributed by atoms with Crippen molar-refractivity contribution < 1.29 is 9.84 Å². The first-order valence-corrected chi connectivity index (χ1v) is 5.29. The van der Waals surface area contributed by atoms with Gasteiger partial charge in [0.2, 0.25) is 5.88 Å². The number of aryl methyl sites for hydroxylation is 1. The molecule has 0 unspecified atom stereocenters. The molecular formula is C13H14N2O2. The largest absolute Gasteiger partial charge is 0.439 e. The number of rotatable bonds is 3. The second-order valence-corrected chi connectivity index (χ2v) is 3.79. The van der Waals surface area contributed by atoms with E-state index in [-0.39, 0.29) is 6.61 Å². The highest BCUT2D eigenvalue weighted by Crippen LogP contribution is 2.23. The highest BCUT2D eigenvalue weighted by Gasteiger charge is 2.02. The van der Waals surface area contributed by atoms with Gasteiger partial charge in [0.25, 0.3) is 0 Å². The lowest BCUT2D eigenvalue weighted by Crippen LogP contribution is -1.94. The molecule has 1 aromatic carbocycles. The van der Waals surface area contributed by atoms with Gasteiger partial charge in [-0.25, -0.2) is 4.98 Å². The average molecular weight is 230 g/mol. The Bertz CT molecular complexity index is 527. The van der Waals surface area contributed by atoms with Crippen molar-refractivity contribution in [1.29, 1.82) is 0 Å². The summed E-state index contributed by atoms with van der Waals surface area (Å²) in [6.45, 7) is 1.87. The Kier molecular flexibility index (Phi) is 3.25. The molecule has 17 heavy (non-hydrogen) atoms. The molecule has 3 N–H and O–H groups in total. The summed E-state index contributed by atoms with van der Waals surface area (Å²) in [6, 6.07) is 8.89. The first kappa shape index (κ1) is 11.4. The number of nitrogens with two attached hydrogens (primary N) is 1. The van der Waals surface area contributed by atoms with Gasteiger partial charge in [-0.3, -0.25) is 0 Å². The van der Waals surface area contributed by atoms with Gasteiger partial charge in [0.05, 0.1) is 6.61 Å². The Morgan fingerprint density at radius 1 is 1.35 bits per heavy atom. The fourth-order valence-electron chi connectivity index (χ4n) is 1.40. The number of nitrogens with zero attached hydrogens (tertiary/aromatic N) is 1. The van der Waals surface area contributed by atoms with Gasteiger partial charge in [0.15, 0.2) is 0 Å². The SMILES string of the molecule is Cc1cnc(Oc2cccc(CO)c2)cc1N. The number of ether oxygens (including phenoxy) is 1. The quantitative estimate of drug-likeness (QED) is 0.848. The van der Waals surface area contributed by atoms with Crippen LogP contribution in [0.25, 0.3) is 0 Å². The van der Waals surface area contributed by atoms with Crippen LogP contribution in [0.3, 0.4) is 0 Å². The number of aromatic nitrogens is 1. The Labute approximate surface area is 99.7 Å². The molecule has 2 aromatic rings. The van der Waals surface area contributed by atoms with Crippen LogP contribution in [0.4, 0.5) is 5.69 Å². The molecule has 0 fully saturated rings. The van der Waals surface area contributed by atoms with Gasteiger partial charge in [-0.05, 0) is 30.2 Å². The minimum absolute atomic E-state index is 0.0132. The summed E-state index contributed by atoms with van der Waals surface area (Å²) in [5.74, 6) is 1.08. The van der Waals surface area contributed by atoms with E-state index in [1.807, 2.05) is 19.1 Å². The normalized spacial score (nSPS) is 10.2. The molecule has 0 amide bonds. The number of benzene rings is 1. The molecule has 0 aliphatic rings. The number of hydrogen-bond acceptors (Lipinski definition) is 4. The number of pyridine rings is 1. The van der Waals surface area contributed by atoms with Crippen molar-refractivity contribution in [3.63, 3.8) is 0 Å². The molecule has 0 aliphatic heterocycles. The van der Waals surface area contributed by atoms with Gasteiger partial charge < -0.3 is 15.6 Å². The second kappa shape index (κ2) is 4.84. The van der Waals surface area contributed by atoms with Gasteiger partial charge in [0, 0.05) is 18.0 Å². The average Bonchev–Trinajstić information content (AvgIpc) is 2.34. The molecule has 4 nitrogen and oxygen atoms in total. The van der Waals surface area contributed by atoms with E-state index in [9.17, 15) is 0 Å². The van der Waals surface area contributed by atoms with E-state index in [4.69, 9.17) is 15.6 Å². The van der Waals surface area contributed by atoms with Crippen molar-refractivity contribution in [2.75, 3.05) is 5.73 Å². The van der Waals surface area contributed by atoms with Crippen LogP contribution in [-0.2, 0) is 6.61 Å². The first-order chi connectivity index (χ1) is 8.19. The standard InChI is InChI=1S/C13H14N2O2/c1-9-7-15-13(6-12(9)14)17-11-4-2-3-10(5-11)8-16/h2-7,16H,8H2,1H3,(H2,14,15). The lowest BCUT2D eigenvalue weighted by atomic mass is 10.2. The lowest BCUT2D eigenvalue weighted by Gasteiger charge is -2.07. The Morgan fingerprint density at radius 2 is 2.18 bits per heavy atom. The maximum atomic E-state index is 9.02. The molecule has 0 saturated carbocycles. The topological polar surface area (TPSA) is 68.4 Å². The van der Waals surface area contributed by atoms with E-state index in [1.54, 1.807) is 24.4 Å². The van der Waals surface area contributed by atoms with Crippen molar-refractivity contribution in [3.8, 4) is 11.6 Å². The highest BCUT2D eigenvalue weighted by molar-refractivity contribution is 5.47. The Hall–Kier alpha value is -2.07. The fourth-order valence-corrected chi connectivity index (χ4v) is 1.40. The van der Waals surface area contributed by atoms with Crippen LogP contribution in [0.2, 0.25) is 0 Å². The maximum absolute atomic E-state index is 9.02. The minimum Gasteiger partial charge on any atom is -0.439 e. The summed E-state index contributed by atoms with van der Waals surface area (Å²) in [7, 11) is 0. The smallest absolute Gasteiger partial charge is 0.221 e. The van der Waals surface area contributed by atoms with Crippen LogP contribution in [0.15, 0.2) is 36.5 Å². The Balaban J connectivity index is 2.22. The maximum Gasteiger partial charge on any atom is 0.221 e. The summed E-state index contributed by atoms with van der Waals surface area (Å²) in [6.07, 6.45) is 1.67. The summed E-state index contributed by atoms with van der Waals surface area (Å²) in [5, 5.41) is 9.02. The number of aliphatic hydroxyl groups excluding tert-OH is 1. The molecule has 0 radical (unpaired) electrons. The number of nitrogen functional groups attached to an aromatic ring is 1. The summed E-state index contributed by atoms with van der Waals surface area (Å²) < 4.78 is 5.55. The fraction of sp³-hybridized carbons (Fsp3) is 0.154. The molecule has 88 valence electrons. The molecule has 0 atom stereocenters. The third-order valence-corrected chi connectivity index (χ3v) is 2.42. The van der Waals surface area contributed by atoms with Gasteiger partial charge in [-0.2, -0.15) is 0 Å². The summed E-state index contributed by atoms with van der Waals surface area (Å²) in [5.41, 5.74) is 8.13. The molecule has 1 heterocycles. The number of aliphatic hydroxyl groups is 1. The van der Waals surface area contributed by atoms with Crippen LogP contribution in [0.5, 0.6) is 11.6 Å². The zero-order valence-electron chi connectivity index (χ0n) is 9.55. The molecular weight excluding hydrogens is 216 g/mol. The second-order valence-electron chi connectivity index (χ2n) is 3.79. The molecule has 0 saturated heterocycles. The van der Waals surface area contributed by atoms with Crippen LogP contribution >= 0.6 is 0 Å². The van der Waals surface area contributed by atoms with Gasteiger partial charge in [-0.1, -0.05) is 12.1 Å². The van der Waals surface area contributed by atoms with Gasteiger partial charge >= 0.3 is 0 Å². The molecule has 0 spiro atoms. The van der Waals surface area contributed by atoms with Gasteiger partial charge in [-0.15, -0.1) is 0 Å². The minimum atomic E-state index is -0.0132. The zero-order valence-corrected chi connectivity index (χ0v) is 9.55. The molecule has 0 aliphatic carbocycles. The van der Waals surface area contributed by atoms with Crippen molar-refractivity contribution in [3.05, 3.63) is 47.7 Å². The van der Waals surface area contributed by atoms with Gasteiger partial charge in [0.1, 0.15) is 5.75 Å². The van der Waals surface area contributed by atoms with Crippen LogP contribution in [0, 0.1) is 6.92 Å². The summed E-state index contributed by atoms with van der Waals surface area (Å²) >= 11 is 0. The number of anilines is 1. The van der Waals surface area contributed by atoms with Crippen molar-refractivity contribution in [2.24, 2.45) is 0 Å². The predicted molar refractivity (Wildman–Crippen MR) is 65.8 cm³/mol. The predicted octanol–water partition coefficient (Wildman–Crippen LogP) is 2.26. The van der Waals surface area contributed by atoms with Crippen molar-refractivity contribution in [1.82, 2.24) is 4.98 Å². The zero-order chi connectivity index (χ0) is 12.3. The molecule has 1 aromatic heterocycles. The van der Waals surface area contributed by atoms with E-state index < -0.39 is 0 Å². The van der Waals surface area contributed by atoms with Crippen LogP contribution < -0.4 is 10.5 Å². The van der Waals surface area contributed by atoms with E-state index in [2.05, 4.69) is 4.98 Å². The summed E-state index contributed by atoms with van der Waals surface area (Å²) in [4.78, 5) is 4.13. The van der Waals surface area contributed by atoms with Crippen LogP contribution in [0.1, 0.15) is 11.1 Å². The monoisotopic (exact) mass is 230 g/mol. The van der Waals surface area contributed by atoms with E-state index in [1.165, 1.54) is 0 Å². The first-order valence-electron chi connectivity index (χ1n) is 5.29. The van der Waals surface area contributed by atoms with E-state index >= 15 is 0 Å².